The van der Waals surface area contributed by atoms with Gasteiger partial charge >= 0.3 is 0 Å². The van der Waals surface area contributed by atoms with Crippen molar-refractivity contribution in [1.29, 1.82) is 0 Å². The number of nitrogens with zero attached hydrogens (tertiary/aromatic N) is 1. The molecule has 0 aliphatic carbocycles. The lowest BCUT2D eigenvalue weighted by Gasteiger charge is -2.12. The van der Waals surface area contributed by atoms with Gasteiger partial charge in [0.05, 0.1) is 5.69 Å². The predicted molar refractivity (Wildman–Crippen MR) is 77.9 cm³/mol. The highest BCUT2D eigenvalue weighted by atomic mass is 32.2. The second kappa shape index (κ2) is 5.93. The van der Waals surface area contributed by atoms with Gasteiger partial charge in [0.1, 0.15) is 10.7 Å². The number of anilines is 2. The van der Waals surface area contributed by atoms with Crippen molar-refractivity contribution in [3.05, 3.63) is 36.4 Å². The van der Waals surface area contributed by atoms with E-state index in [1.165, 1.54) is 13.1 Å². The first-order valence-corrected chi connectivity index (χ1v) is 7.56. The third kappa shape index (κ3) is 3.28. The second-order valence-corrected chi connectivity index (χ2v) is 6.03. The van der Waals surface area contributed by atoms with Crippen LogP contribution in [0, 0.1) is 0 Å². The molecule has 108 valence electrons. The number of hydrogen-bond acceptors (Lipinski definition) is 5. The van der Waals surface area contributed by atoms with Gasteiger partial charge in [0.15, 0.2) is 0 Å². The van der Waals surface area contributed by atoms with Crippen LogP contribution >= 0.6 is 0 Å². The molecule has 1 aromatic carbocycles. The van der Waals surface area contributed by atoms with Gasteiger partial charge in [-0.1, -0.05) is 0 Å². The molecule has 5 N–H and O–H groups in total. The van der Waals surface area contributed by atoms with Gasteiger partial charge in [0.25, 0.3) is 0 Å². The number of aromatic amines is 1. The first kappa shape index (κ1) is 14.4. The van der Waals surface area contributed by atoms with Crippen LogP contribution in [0.2, 0.25) is 0 Å². The summed E-state index contributed by atoms with van der Waals surface area (Å²) in [4.78, 5) is 7.23. The van der Waals surface area contributed by atoms with Crippen LogP contribution < -0.4 is 15.8 Å². The molecule has 0 saturated carbocycles. The molecule has 1 aromatic heterocycles. The highest BCUT2D eigenvalue weighted by molar-refractivity contribution is 7.89. The summed E-state index contributed by atoms with van der Waals surface area (Å²) in [7, 11) is -2.19. The Morgan fingerprint density at radius 1 is 1.40 bits per heavy atom. The molecule has 0 saturated heterocycles. The van der Waals surface area contributed by atoms with Crippen LogP contribution in [0.3, 0.4) is 0 Å². The lowest BCUT2D eigenvalue weighted by molar-refractivity contribution is 0.588. The van der Waals surface area contributed by atoms with Crippen LogP contribution in [0.25, 0.3) is 0 Å². The zero-order valence-electron chi connectivity index (χ0n) is 11.1. The fraction of sp³-hybridized carbons (Fsp3) is 0.250. The molecule has 20 heavy (non-hydrogen) atoms. The van der Waals surface area contributed by atoms with E-state index in [0.717, 1.165) is 5.82 Å². The molecule has 0 fully saturated rings. The maximum absolute atomic E-state index is 11.9. The number of aromatic nitrogens is 2. The van der Waals surface area contributed by atoms with Gasteiger partial charge in [-0.3, -0.25) is 0 Å². The van der Waals surface area contributed by atoms with Crippen molar-refractivity contribution in [1.82, 2.24) is 14.7 Å². The van der Waals surface area contributed by atoms with Gasteiger partial charge in [-0.15, -0.1) is 0 Å². The number of nitrogens with two attached hydrogens (primary N) is 1. The largest absolute Gasteiger partial charge is 0.399 e. The fourth-order valence-electron chi connectivity index (χ4n) is 1.77. The van der Waals surface area contributed by atoms with E-state index in [1.807, 2.05) is 0 Å². The number of nitrogen functional groups attached to an aromatic ring is 1. The molecule has 0 atom stereocenters. The number of nitrogens with one attached hydrogen (secondary N) is 3. The molecule has 8 heteroatoms. The van der Waals surface area contributed by atoms with Gasteiger partial charge < -0.3 is 16.0 Å². The van der Waals surface area contributed by atoms with E-state index in [-0.39, 0.29) is 4.90 Å². The summed E-state index contributed by atoms with van der Waals surface area (Å²) in [5, 5.41) is 3.08. The molecule has 0 amide bonds. The van der Waals surface area contributed by atoms with E-state index in [0.29, 0.717) is 24.3 Å². The van der Waals surface area contributed by atoms with E-state index in [2.05, 4.69) is 20.0 Å². The zero-order chi connectivity index (χ0) is 14.6. The van der Waals surface area contributed by atoms with Crippen LogP contribution in [0.1, 0.15) is 5.82 Å². The lowest BCUT2D eigenvalue weighted by atomic mass is 10.2. The Hall–Kier alpha value is -2.06. The van der Waals surface area contributed by atoms with Crippen molar-refractivity contribution >= 4 is 21.4 Å². The predicted octanol–water partition coefficient (Wildman–Crippen LogP) is 0.555. The van der Waals surface area contributed by atoms with E-state index in [9.17, 15) is 8.42 Å². The van der Waals surface area contributed by atoms with E-state index in [4.69, 9.17) is 5.73 Å². The number of sulfonamides is 1. The maximum atomic E-state index is 11.9. The summed E-state index contributed by atoms with van der Waals surface area (Å²) in [5.74, 6) is 0.839. The Kier molecular flexibility index (Phi) is 4.26. The Morgan fingerprint density at radius 2 is 2.20 bits per heavy atom. The summed E-state index contributed by atoms with van der Waals surface area (Å²) >= 11 is 0. The van der Waals surface area contributed by atoms with Gasteiger partial charge in [-0.2, -0.15) is 0 Å². The van der Waals surface area contributed by atoms with E-state index < -0.39 is 10.0 Å². The zero-order valence-corrected chi connectivity index (χ0v) is 11.9. The minimum Gasteiger partial charge on any atom is -0.399 e. The maximum Gasteiger partial charge on any atom is 0.242 e. The number of imidazole rings is 1. The van der Waals surface area contributed by atoms with E-state index in [1.54, 1.807) is 24.5 Å². The minimum absolute atomic E-state index is 0.138. The third-order valence-corrected chi connectivity index (χ3v) is 4.25. The van der Waals surface area contributed by atoms with Crippen molar-refractivity contribution in [3.63, 3.8) is 0 Å². The molecule has 0 radical (unpaired) electrons. The highest BCUT2D eigenvalue weighted by Gasteiger charge is 2.16. The Balaban J connectivity index is 2.15. The molecule has 0 aliphatic heterocycles. The molecule has 1 heterocycles. The van der Waals surface area contributed by atoms with Gasteiger partial charge in [0.2, 0.25) is 10.0 Å². The fourth-order valence-corrected chi connectivity index (χ4v) is 2.71. The number of rotatable bonds is 6. The van der Waals surface area contributed by atoms with E-state index >= 15 is 0 Å². The summed E-state index contributed by atoms with van der Waals surface area (Å²) in [6, 6.07) is 4.74. The van der Waals surface area contributed by atoms with Crippen molar-refractivity contribution in [2.45, 2.75) is 11.3 Å². The van der Waals surface area contributed by atoms with Crippen LogP contribution in [0.15, 0.2) is 35.5 Å². The van der Waals surface area contributed by atoms with Crippen LogP contribution in [-0.2, 0) is 16.4 Å². The van der Waals surface area contributed by atoms with Gasteiger partial charge in [-0.25, -0.2) is 18.1 Å². The Labute approximate surface area is 117 Å². The third-order valence-electron chi connectivity index (χ3n) is 2.80. The molecule has 2 rings (SSSR count). The number of H-pyrrole nitrogens is 1. The summed E-state index contributed by atoms with van der Waals surface area (Å²) in [6.07, 6.45) is 4.08. The topological polar surface area (TPSA) is 113 Å². The smallest absolute Gasteiger partial charge is 0.242 e. The average molecular weight is 295 g/mol. The Morgan fingerprint density at radius 3 is 2.85 bits per heavy atom. The van der Waals surface area contributed by atoms with Crippen LogP contribution in [-0.4, -0.2) is 32.0 Å². The Bertz CT molecular complexity index is 667. The number of hydrogen-bond donors (Lipinski definition) is 4. The average Bonchev–Trinajstić information content (AvgIpc) is 2.93. The van der Waals surface area contributed by atoms with Crippen LogP contribution in [0.4, 0.5) is 11.4 Å². The van der Waals surface area contributed by atoms with Crippen LogP contribution in [0.5, 0.6) is 0 Å². The molecule has 0 bridgehead atoms. The number of benzene rings is 1. The molecule has 0 spiro atoms. The molecular weight excluding hydrogens is 278 g/mol. The molecule has 2 aromatic rings. The normalized spacial score (nSPS) is 11.4. The van der Waals surface area contributed by atoms with Gasteiger partial charge in [-0.05, 0) is 25.2 Å². The summed E-state index contributed by atoms with van der Waals surface area (Å²) in [6.45, 7) is 0.559. The second-order valence-electron chi connectivity index (χ2n) is 4.18. The van der Waals surface area contributed by atoms with Crippen molar-refractivity contribution < 1.29 is 8.42 Å². The summed E-state index contributed by atoms with van der Waals surface area (Å²) in [5.41, 5.74) is 6.56. The monoisotopic (exact) mass is 295 g/mol. The SMILES string of the molecule is CNS(=O)(=O)c1cc(N)ccc1NCCc1ncc[nH]1. The lowest BCUT2D eigenvalue weighted by Crippen LogP contribution is -2.21. The van der Waals surface area contributed by atoms with Crippen molar-refractivity contribution in [2.24, 2.45) is 0 Å². The quantitative estimate of drug-likeness (QED) is 0.581. The molecule has 7 nitrogen and oxygen atoms in total. The first-order valence-electron chi connectivity index (χ1n) is 6.08. The minimum atomic E-state index is -3.55. The van der Waals surface area contributed by atoms with Gasteiger partial charge in [0, 0.05) is 31.0 Å². The summed E-state index contributed by atoms with van der Waals surface area (Å²) < 4.78 is 26.2. The first-order chi connectivity index (χ1) is 9.53. The van der Waals surface area contributed by atoms with Crippen molar-refractivity contribution in [2.75, 3.05) is 24.6 Å². The standard InChI is InChI=1S/C12H17N5O2S/c1-14-20(18,19)11-8-9(13)2-3-10(11)15-5-4-12-16-6-7-17-12/h2-3,6-8,14-15H,4-5,13H2,1H3,(H,16,17). The highest BCUT2D eigenvalue weighted by Crippen LogP contribution is 2.23. The molecule has 0 aliphatic rings. The molecule has 0 unspecified atom stereocenters. The molecular formula is C12H17N5O2S. The van der Waals surface area contributed by atoms with Crippen molar-refractivity contribution in [3.8, 4) is 0 Å².